The van der Waals surface area contributed by atoms with Crippen LogP contribution in [0.2, 0.25) is 0 Å². The third-order valence-corrected chi connectivity index (χ3v) is 6.53. The Hall–Kier alpha value is -1.73. The Bertz CT molecular complexity index is 796. The van der Waals surface area contributed by atoms with Gasteiger partial charge in [-0.25, -0.2) is 8.42 Å². The first-order valence-electron chi connectivity index (χ1n) is 9.05. The van der Waals surface area contributed by atoms with Gasteiger partial charge in [-0.3, -0.25) is 0 Å². The molecule has 0 radical (unpaired) electrons. The van der Waals surface area contributed by atoms with E-state index in [4.69, 9.17) is 4.74 Å². The molecular formula is C20H26N2O3S. The smallest absolute Gasteiger partial charge is 0.243 e. The second-order valence-electron chi connectivity index (χ2n) is 6.43. The standard InChI is InChI=1S/C20H26N2O3S/c1-2-17-3-5-18(6-4-17)15-21-16-19-7-9-20(10-8-19)26(23,24)22-11-13-25-14-12-22/h3-10,21H,2,11-16H2,1H3. The number of sulfonamides is 1. The van der Waals surface area contributed by atoms with E-state index in [0.29, 0.717) is 37.7 Å². The van der Waals surface area contributed by atoms with Gasteiger partial charge in [-0.2, -0.15) is 4.31 Å². The second-order valence-corrected chi connectivity index (χ2v) is 8.37. The third kappa shape index (κ3) is 4.71. The monoisotopic (exact) mass is 374 g/mol. The summed E-state index contributed by atoms with van der Waals surface area (Å²) in [7, 11) is -3.42. The van der Waals surface area contributed by atoms with E-state index in [0.717, 1.165) is 18.5 Å². The zero-order valence-corrected chi connectivity index (χ0v) is 16.0. The number of ether oxygens (including phenoxy) is 1. The number of aryl methyl sites for hydroxylation is 1. The zero-order valence-electron chi connectivity index (χ0n) is 15.1. The van der Waals surface area contributed by atoms with E-state index < -0.39 is 10.0 Å². The molecular weight excluding hydrogens is 348 g/mol. The van der Waals surface area contributed by atoms with Crippen molar-refractivity contribution in [1.82, 2.24) is 9.62 Å². The summed E-state index contributed by atoms with van der Waals surface area (Å²) in [6, 6.07) is 15.7. The Morgan fingerprint density at radius 3 is 1.92 bits per heavy atom. The van der Waals surface area contributed by atoms with Gasteiger partial charge in [0.15, 0.2) is 0 Å². The minimum absolute atomic E-state index is 0.346. The molecule has 0 unspecified atom stereocenters. The van der Waals surface area contributed by atoms with Gasteiger partial charge in [-0.1, -0.05) is 43.3 Å². The summed E-state index contributed by atoms with van der Waals surface area (Å²) >= 11 is 0. The van der Waals surface area contributed by atoms with Crippen LogP contribution in [0.3, 0.4) is 0 Å². The second kappa shape index (κ2) is 8.77. The van der Waals surface area contributed by atoms with Crippen molar-refractivity contribution in [1.29, 1.82) is 0 Å². The minimum Gasteiger partial charge on any atom is -0.379 e. The molecule has 1 aliphatic heterocycles. The molecule has 0 bridgehead atoms. The molecule has 140 valence electrons. The minimum atomic E-state index is -3.42. The first kappa shape index (κ1) is 19.0. The highest BCUT2D eigenvalue weighted by Gasteiger charge is 2.25. The number of nitrogens with one attached hydrogen (secondary N) is 1. The molecule has 2 aromatic carbocycles. The maximum Gasteiger partial charge on any atom is 0.243 e. The summed E-state index contributed by atoms with van der Waals surface area (Å²) in [5.41, 5.74) is 3.65. The lowest BCUT2D eigenvalue weighted by molar-refractivity contribution is 0.0730. The van der Waals surface area contributed by atoms with E-state index in [2.05, 4.69) is 36.5 Å². The lowest BCUT2D eigenvalue weighted by Crippen LogP contribution is -2.40. The fourth-order valence-corrected chi connectivity index (χ4v) is 4.37. The summed E-state index contributed by atoms with van der Waals surface area (Å²) in [6.07, 6.45) is 1.05. The molecule has 1 saturated heterocycles. The summed E-state index contributed by atoms with van der Waals surface area (Å²) < 4.78 is 31.9. The Morgan fingerprint density at radius 1 is 0.885 bits per heavy atom. The number of hydrogen-bond acceptors (Lipinski definition) is 4. The van der Waals surface area contributed by atoms with Crippen LogP contribution in [0.1, 0.15) is 23.6 Å². The molecule has 2 aromatic rings. The summed E-state index contributed by atoms with van der Waals surface area (Å²) in [6.45, 7) is 5.40. The van der Waals surface area contributed by atoms with Crippen LogP contribution in [-0.4, -0.2) is 39.0 Å². The van der Waals surface area contributed by atoms with Crippen LogP contribution in [0.25, 0.3) is 0 Å². The number of nitrogens with zero attached hydrogens (tertiary/aromatic N) is 1. The predicted molar refractivity (Wildman–Crippen MR) is 102 cm³/mol. The Balaban J connectivity index is 1.55. The van der Waals surface area contributed by atoms with E-state index in [-0.39, 0.29) is 0 Å². The van der Waals surface area contributed by atoms with Crippen LogP contribution in [0, 0.1) is 0 Å². The summed E-state index contributed by atoms with van der Waals surface area (Å²) in [4.78, 5) is 0.346. The van der Waals surface area contributed by atoms with Crippen LogP contribution in [0.4, 0.5) is 0 Å². The van der Waals surface area contributed by atoms with Crippen molar-refractivity contribution >= 4 is 10.0 Å². The van der Waals surface area contributed by atoms with Crippen LogP contribution < -0.4 is 5.32 Å². The molecule has 5 nitrogen and oxygen atoms in total. The molecule has 1 heterocycles. The first-order valence-corrected chi connectivity index (χ1v) is 10.5. The van der Waals surface area contributed by atoms with Gasteiger partial charge in [0.25, 0.3) is 0 Å². The highest BCUT2D eigenvalue weighted by Crippen LogP contribution is 2.17. The van der Waals surface area contributed by atoms with Gasteiger partial charge in [-0.05, 0) is 35.2 Å². The van der Waals surface area contributed by atoms with Crippen molar-refractivity contribution in [3.63, 3.8) is 0 Å². The maximum absolute atomic E-state index is 12.6. The highest BCUT2D eigenvalue weighted by atomic mass is 32.2. The van der Waals surface area contributed by atoms with Crippen molar-refractivity contribution in [2.75, 3.05) is 26.3 Å². The van der Waals surface area contributed by atoms with Gasteiger partial charge in [-0.15, -0.1) is 0 Å². The summed E-state index contributed by atoms with van der Waals surface area (Å²) in [5.74, 6) is 0. The van der Waals surface area contributed by atoms with Crippen molar-refractivity contribution in [2.24, 2.45) is 0 Å². The topological polar surface area (TPSA) is 58.6 Å². The molecule has 3 rings (SSSR count). The molecule has 0 amide bonds. The number of benzene rings is 2. The average Bonchev–Trinajstić information content (AvgIpc) is 2.69. The quantitative estimate of drug-likeness (QED) is 0.809. The van der Waals surface area contributed by atoms with Crippen LogP contribution in [0.15, 0.2) is 53.4 Å². The van der Waals surface area contributed by atoms with E-state index in [1.807, 2.05) is 12.1 Å². The van der Waals surface area contributed by atoms with Gasteiger partial charge in [0.05, 0.1) is 18.1 Å². The van der Waals surface area contributed by atoms with Crippen LogP contribution in [0.5, 0.6) is 0 Å². The average molecular weight is 375 g/mol. The van der Waals surface area contributed by atoms with Gasteiger partial charge >= 0.3 is 0 Å². The van der Waals surface area contributed by atoms with Crippen molar-refractivity contribution < 1.29 is 13.2 Å². The fraction of sp³-hybridized carbons (Fsp3) is 0.400. The number of rotatable bonds is 7. The van der Waals surface area contributed by atoms with Crippen molar-refractivity contribution in [3.8, 4) is 0 Å². The molecule has 6 heteroatoms. The largest absolute Gasteiger partial charge is 0.379 e. The SMILES string of the molecule is CCc1ccc(CNCc2ccc(S(=O)(=O)N3CCOCC3)cc2)cc1. The van der Waals surface area contributed by atoms with Gasteiger partial charge in [0.1, 0.15) is 0 Å². The van der Waals surface area contributed by atoms with Gasteiger partial charge < -0.3 is 10.1 Å². The highest BCUT2D eigenvalue weighted by molar-refractivity contribution is 7.89. The Kier molecular flexibility index (Phi) is 6.43. The van der Waals surface area contributed by atoms with Crippen LogP contribution in [-0.2, 0) is 34.3 Å². The van der Waals surface area contributed by atoms with Gasteiger partial charge in [0, 0.05) is 26.2 Å². The maximum atomic E-state index is 12.6. The lowest BCUT2D eigenvalue weighted by atomic mass is 10.1. The van der Waals surface area contributed by atoms with E-state index in [1.165, 1.54) is 15.4 Å². The zero-order chi connectivity index (χ0) is 18.4. The third-order valence-electron chi connectivity index (χ3n) is 4.62. The van der Waals surface area contributed by atoms with E-state index in [1.54, 1.807) is 12.1 Å². The van der Waals surface area contributed by atoms with Crippen LogP contribution >= 0.6 is 0 Å². The molecule has 1 fully saturated rings. The molecule has 0 aliphatic carbocycles. The predicted octanol–water partition coefficient (Wildman–Crippen LogP) is 2.56. The number of morpholine rings is 1. The first-order chi connectivity index (χ1) is 12.6. The van der Waals surface area contributed by atoms with E-state index >= 15 is 0 Å². The normalized spacial score (nSPS) is 15.9. The Labute approximate surface area is 156 Å². The molecule has 0 spiro atoms. The molecule has 0 atom stereocenters. The molecule has 1 aliphatic rings. The molecule has 0 saturated carbocycles. The lowest BCUT2D eigenvalue weighted by Gasteiger charge is -2.26. The van der Waals surface area contributed by atoms with Crippen molar-refractivity contribution in [3.05, 3.63) is 65.2 Å². The van der Waals surface area contributed by atoms with Gasteiger partial charge in [0.2, 0.25) is 10.0 Å². The fourth-order valence-electron chi connectivity index (χ4n) is 2.96. The summed E-state index contributed by atoms with van der Waals surface area (Å²) in [5, 5.41) is 3.40. The Morgan fingerprint density at radius 2 is 1.38 bits per heavy atom. The molecule has 0 aromatic heterocycles. The molecule has 26 heavy (non-hydrogen) atoms. The molecule has 1 N–H and O–H groups in total. The van der Waals surface area contributed by atoms with Crippen molar-refractivity contribution in [2.45, 2.75) is 31.3 Å². The van der Waals surface area contributed by atoms with E-state index in [9.17, 15) is 8.42 Å². The number of hydrogen-bond donors (Lipinski definition) is 1.